The second kappa shape index (κ2) is 5.00. The predicted molar refractivity (Wildman–Crippen MR) is 104 cm³/mol. The van der Waals surface area contributed by atoms with Crippen molar-refractivity contribution >= 4 is 45.9 Å². The molecule has 2 radical (unpaired) electrons. The summed E-state index contributed by atoms with van der Waals surface area (Å²) in [5.74, 6) is 0. The molecule has 1 nitrogen and oxygen atoms in total. The van der Waals surface area contributed by atoms with Gasteiger partial charge in [0, 0.05) is 16.2 Å². The van der Waals surface area contributed by atoms with Gasteiger partial charge in [0.25, 0.3) is 0 Å². The molecule has 0 aliphatic heterocycles. The Bertz CT molecular complexity index is 1210. The van der Waals surface area contributed by atoms with Crippen LogP contribution in [-0.4, -0.2) is 12.4 Å². The molecule has 0 fully saturated rings. The summed E-state index contributed by atoms with van der Waals surface area (Å²) in [7, 11) is 6.09. The van der Waals surface area contributed by atoms with E-state index >= 15 is 0 Å². The first-order valence-electron chi connectivity index (χ1n) is 8.10. The quantitative estimate of drug-likeness (QED) is 0.394. The zero-order chi connectivity index (χ0) is 16.1. The molecular formula is C22H14BN. The van der Waals surface area contributed by atoms with Crippen LogP contribution in [0.1, 0.15) is 0 Å². The third-order valence-corrected chi connectivity index (χ3v) is 4.71. The van der Waals surface area contributed by atoms with Crippen molar-refractivity contribution in [3.8, 4) is 5.69 Å². The predicted octanol–water partition coefficient (Wildman–Crippen LogP) is 4.73. The maximum absolute atomic E-state index is 6.09. The van der Waals surface area contributed by atoms with E-state index in [-0.39, 0.29) is 0 Å². The normalized spacial score (nSPS) is 11.5. The Balaban J connectivity index is 2.03. The van der Waals surface area contributed by atoms with Crippen molar-refractivity contribution in [2.24, 2.45) is 0 Å². The maximum Gasteiger partial charge on any atom is 0.113 e. The summed E-state index contributed by atoms with van der Waals surface area (Å²) in [4.78, 5) is 0. The van der Waals surface area contributed by atoms with Gasteiger partial charge < -0.3 is 4.57 Å². The molecule has 110 valence electrons. The molecule has 4 aromatic carbocycles. The fraction of sp³-hybridized carbons (Fsp3) is 0. The summed E-state index contributed by atoms with van der Waals surface area (Å²) in [5, 5.41) is 4.96. The molecule has 5 aromatic rings. The second-order valence-corrected chi connectivity index (χ2v) is 6.13. The first-order valence-corrected chi connectivity index (χ1v) is 8.10. The Hall–Kier alpha value is -3.00. The zero-order valence-corrected chi connectivity index (χ0v) is 13.1. The van der Waals surface area contributed by atoms with Crippen LogP contribution in [0.3, 0.4) is 0 Å². The molecule has 0 spiro atoms. The van der Waals surface area contributed by atoms with Gasteiger partial charge in [-0.1, -0.05) is 72.2 Å². The summed E-state index contributed by atoms with van der Waals surface area (Å²) in [5.41, 5.74) is 4.32. The molecule has 0 N–H and O–H groups in total. The summed E-state index contributed by atoms with van der Waals surface area (Å²) >= 11 is 0. The largest absolute Gasteiger partial charge is 0.309 e. The molecule has 0 amide bonds. The highest BCUT2D eigenvalue weighted by molar-refractivity contribution is 6.33. The molecule has 0 aliphatic carbocycles. The molecule has 24 heavy (non-hydrogen) atoms. The van der Waals surface area contributed by atoms with E-state index in [1.165, 1.54) is 32.7 Å². The molecule has 1 heterocycles. The average molecular weight is 303 g/mol. The first-order chi connectivity index (χ1) is 11.8. The Morgan fingerprint density at radius 3 is 2.21 bits per heavy atom. The lowest BCUT2D eigenvalue weighted by Gasteiger charge is -2.11. The van der Waals surface area contributed by atoms with Crippen LogP contribution < -0.4 is 5.46 Å². The molecule has 0 unspecified atom stereocenters. The third-order valence-electron chi connectivity index (χ3n) is 4.71. The maximum atomic E-state index is 6.09. The average Bonchev–Trinajstić information content (AvgIpc) is 2.94. The summed E-state index contributed by atoms with van der Waals surface area (Å²) in [6.07, 6.45) is 0. The summed E-state index contributed by atoms with van der Waals surface area (Å²) in [6, 6.07) is 29.6. The number of rotatable bonds is 1. The van der Waals surface area contributed by atoms with E-state index in [9.17, 15) is 0 Å². The molecule has 0 bridgehead atoms. The Labute approximate surface area is 141 Å². The van der Waals surface area contributed by atoms with Gasteiger partial charge in [-0.25, -0.2) is 0 Å². The van der Waals surface area contributed by atoms with Gasteiger partial charge in [-0.05, 0) is 23.6 Å². The van der Waals surface area contributed by atoms with Crippen molar-refractivity contribution in [2.45, 2.75) is 0 Å². The summed E-state index contributed by atoms with van der Waals surface area (Å²) in [6.45, 7) is 0. The van der Waals surface area contributed by atoms with Gasteiger partial charge >= 0.3 is 0 Å². The molecular weight excluding hydrogens is 289 g/mol. The highest BCUT2D eigenvalue weighted by Gasteiger charge is 2.13. The van der Waals surface area contributed by atoms with Crippen LogP contribution in [0.25, 0.3) is 38.3 Å². The van der Waals surface area contributed by atoms with E-state index in [0.717, 1.165) is 11.0 Å². The zero-order valence-electron chi connectivity index (χ0n) is 13.1. The minimum Gasteiger partial charge on any atom is -0.309 e. The van der Waals surface area contributed by atoms with Crippen LogP contribution in [-0.2, 0) is 0 Å². The molecule has 0 atom stereocenters. The highest BCUT2D eigenvalue weighted by Crippen LogP contribution is 2.33. The van der Waals surface area contributed by atoms with Gasteiger partial charge in [0.05, 0.1) is 16.7 Å². The van der Waals surface area contributed by atoms with Crippen LogP contribution in [0.2, 0.25) is 0 Å². The van der Waals surface area contributed by atoms with Crippen LogP contribution in [0, 0.1) is 0 Å². The Kier molecular flexibility index (Phi) is 2.80. The number of hydrogen-bond acceptors (Lipinski definition) is 0. The van der Waals surface area contributed by atoms with Gasteiger partial charge in [-0.15, -0.1) is 0 Å². The van der Waals surface area contributed by atoms with Crippen molar-refractivity contribution in [3.05, 3.63) is 84.9 Å². The number of para-hydroxylation sites is 1. The minimum atomic E-state index is 0.784. The van der Waals surface area contributed by atoms with Crippen LogP contribution in [0.4, 0.5) is 0 Å². The lowest BCUT2D eigenvalue weighted by Crippen LogP contribution is -2.02. The smallest absolute Gasteiger partial charge is 0.113 e. The summed E-state index contributed by atoms with van der Waals surface area (Å²) < 4.78 is 2.32. The fourth-order valence-electron chi connectivity index (χ4n) is 3.65. The van der Waals surface area contributed by atoms with Gasteiger partial charge in [-0.3, -0.25) is 0 Å². The lowest BCUT2D eigenvalue weighted by molar-refractivity contribution is 1.20. The first kappa shape index (κ1) is 13.4. The number of nitrogens with zero attached hydrogens (tertiary/aromatic N) is 1. The van der Waals surface area contributed by atoms with E-state index in [1.807, 2.05) is 6.07 Å². The Morgan fingerprint density at radius 1 is 0.583 bits per heavy atom. The van der Waals surface area contributed by atoms with Crippen molar-refractivity contribution in [3.63, 3.8) is 0 Å². The molecule has 1 aromatic heterocycles. The third kappa shape index (κ3) is 1.83. The SMILES string of the molecule is [B]c1ccc2c3ccccc3n(-c3cccc4ccccc34)c2c1. The molecule has 0 saturated carbocycles. The van der Waals surface area contributed by atoms with Crippen LogP contribution >= 0.6 is 0 Å². The van der Waals surface area contributed by atoms with Crippen molar-refractivity contribution in [1.29, 1.82) is 0 Å². The van der Waals surface area contributed by atoms with Gasteiger partial charge in [-0.2, -0.15) is 0 Å². The van der Waals surface area contributed by atoms with Gasteiger partial charge in [0.15, 0.2) is 0 Å². The fourth-order valence-corrected chi connectivity index (χ4v) is 3.65. The number of benzene rings is 4. The molecule has 5 rings (SSSR count). The van der Waals surface area contributed by atoms with E-state index in [2.05, 4.69) is 83.4 Å². The lowest BCUT2D eigenvalue weighted by atomic mass is 9.95. The minimum absolute atomic E-state index is 0.784. The second-order valence-electron chi connectivity index (χ2n) is 6.13. The van der Waals surface area contributed by atoms with Crippen molar-refractivity contribution in [1.82, 2.24) is 4.57 Å². The topological polar surface area (TPSA) is 4.93 Å². The van der Waals surface area contributed by atoms with E-state index < -0.39 is 0 Å². The van der Waals surface area contributed by atoms with Gasteiger partial charge in [0.2, 0.25) is 0 Å². The monoisotopic (exact) mass is 303 g/mol. The standard InChI is InChI=1S/C22H14BN/c23-16-12-13-19-18-9-3-4-10-21(18)24(22(19)14-16)20-11-5-7-15-6-1-2-8-17(15)20/h1-14H. The van der Waals surface area contributed by atoms with Crippen molar-refractivity contribution in [2.75, 3.05) is 0 Å². The Morgan fingerprint density at radius 2 is 1.29 bits per heavy atom. The molecule has 2 heteroatoms. The van der Waals surface area contributed by atoms with Crippen molar-refractivity contribution < 1.29 is 0 Å². The van der Waals surface area contributed by atoms with Gasteiger partial charge in [0.1, 0.15) is 7.85 Å². The van der Waals surface area contributed by atoms with E-state index in [1.54, 1.807) is 0 Å². The van der Waals surface area contributed by atoms with Crippen LogP contribution in [0.5, 0.6) is 0 Å². The number of aromatic nitrogens is 1. The van der Waals surface area contributed by atoms with E-state index in [0.29, 0.717) is 0 Å². The van der Waals surface area contributed by atoms with Crippen LogP contribution in [0.15, 0.2) is 84.9 Å². The molecule has 0 saturated heterocycles. The highest BCUT2D eigenvalue weighted by atomic mass is 15.0. The number of hydrogen-bond donors (Lipinski definition) is 0. The molecule has 0 aliphatic rings. The van der Waals surface area contributed by atoms with E-state index in [4.69, 9.17) is 7.85 Å². The number of fused-ring (bicyclic) bond motifs is 4.